The van der Waals surface area contributed by atoms with E-state index in [1.54, 1.807) is 26.3 Å². The molecule has 0 fully saturated rings. The topological polar surface area (TPSA) is 64.4 Å². The lowest BCUT2D eigenvalue weighted by molar-refractivity contribution is 0.407. The summed E-state index contributed by atoms with van der Waals surface area (Å²) in [5.74, 6) is 0.542. The maximum absolute atomic E-state index is 12.1. The number of rotatable bonds is 3. The summed E-state index contributed by atoms with van der Waals surface area (Å²) in [4.78, 5) is 16.4. The van der Waals surface area contributed by atoms with Crippen molar-refractivity contribution in [2.24, 2.45) is 0 Å². The van der Waals surface area contributed by atoms with Gasteiger partial charge >= 0.3 is 5.63 Å². The summed E-state index contributed by atoms with van der Waals surface area (Å²) in [6.45, 7) is 0. The third-order valence-corrected chi connectivity index (χ3v) is 3.80. The van der Waals surface area contributed by atoms with Gasteiger partial charge in [-0.05, 0) is 12.1 Å². The Balaban J connectivity index is 2.22. The van der Waals surface area contributed by atoms with Crippen molar-refractivity contribution in [3.63, 3.8) is 0 Å². The van der Waals surface area contributed by atoms with Gasteiger partial charge in [0.1, 0.15) is 0 Å². The Morgan fingerprint density at radius 3 is 2.95 bits per heavy atom. The number of ether oxygens (including phenoxy) is 1. The molecule has 0 unspecified atom stereocenters. The number of fused-ring (bicyclic) bond motifs is 1. The quantitative estimate of drug-likeness (QED) is 0.751. The van der Waals surface area contributed by atoms with Gasteiger partial charge in [0, 0.05) is 17.8 Å². The predicted octanol–water partition coefficient (Wildman–Crippen LogP) is 2.97. The molecule has 0 radical (unpaired) electrons. The van der Waals surface area contributed by atoms with E-state index < -0.39 is 5.63 Å². The van der Waals surface area contributed by atoms with Crippen LogP contribution < -0.4 is 15.7 Å². The third-order valence-electron chi connectivity index (χ3n) is 2.94. The van der Waals surface area contributed by atoms with Crippen molar-refractivity contribution in [3.05, 3.63) is 40.1 Å². The summed E-state index contributed by atoms with van der Waals surface area (Å²) >= 11 is 1.44. The van der Waals surface area contributed by atoms with E-state index in [0.717, 1.165) is 10.5 Å². The molecule has 6 heteroatoms. The Kier molecular flexibility index (Phi) is 3.15. The molecule has 1 N–H and O–H groups in total. The Morgan fingerprint density at radius 2 is 2.25 bits per heavy atom. The van der Waals surface area contributed by atoms with E-state index in [-0.39, 0.29) is 0 Å². The molecule has 0 saturated heterocycles. The first kappa shape index (κ1) is 12.7. The van der Waals surface area contributed by atoms with Gasteiger partial charge in [-0.25, -0.2) is 9.78 Å². The number of thiazole rings is 1. The van der Waals surface area contributed by atoms with Crippen LogP contribution in [0.15, 0.2) is 38.9 Å². The van der Waals surface area contributed by atoms with Gasteiger partial charge in [-0.2, -0.15) is 0 Å². The number of benzene rings is 1. The van der Waals surface area contributed by atoms with E-state index in [9.17, 15) is 4.79 Å². The van der Waals surface area contributed by atoms with Crippen LogP contribution in [0.5, 0.6) is 5.75 Å². The van der Waals surface area contributed by atoms with Crippen molar-refractivity contribution in [1.82, 2.24) is 4.98 Å². The molecule has 0 aliphatic heterocycles. The van der Waals surface area contributed by atoms with E-state index in [1.165, 1.54) is 11.3 Å². The smallest absolute Gasteiger partial charge is 0.345 e. The molecule has 102 valence electrons. The SMILES string of the molecule is CNc1nc(-c2cc3cccc(OC)c3oc2=O)cs1. The standard InChI is InChI=1S/C14H12N2O3S/c1-15-14-16-10(7-20-14)9-6-8-4-3-5-11(18-2)12(8)19-13(9)17/h3-7H,1-2H3,(H,15,16). The molecule has 0 bridgehead atoms. The van der Waals surface area contributed by atoms with Crippen LogP contribution in [0, 0.1) is 0 Å². The number of methoxy groups -OCH3 is 1. The van der Waals surface area contributed by atoms with Crippen LogP contribution in [0.3, 0.4) is 0 Å². The molecular weight excluding hydrogens is 276 g/mol. The Hall–Kier alpha value is -2.34. The monoisotopic (exact) mass is 288 g/mol. The molecule has 1 aromatic carbocycles. The van der Waals surface area contributed by atoms with Crippen molar-refractivity contribution in [2.45, 2.75) is 0 Å². The van der Waals surface area contributed by atoms with Crippen LogP contribution in [0.4, 0.5) is 5.13 Å². The van der Waals surface area contributed by atoms with E-state index in [4.69, 9.17) is 9.15 Å². The highest BCUT2D eigenvalue weighted by Crippen LogP contribution is 2.28. The van der Waals surface area contributed by atoms with Gasteiger partial charge in [0.25, 0.3) is 0 Å². The molecule has 5 nitrogen and oxygen atoms in total. The highest BCUT2D eigenvalue weighted by molar-refractivity contribution is 7.14. The van der Waals surface area contributed by atoms with E-state index in [1.807, 2.05) is 17.5 Å². The zero-order chi connectivity index (χ0) is 14.1. The summed E-state index contributed by atoms with van der Waals surface area (Å²) < 4.78 is 10.6. The first-order valence-electron chi connectivity index (χ1n) is 5.97. The molecule has 2 aromatic heterocycles. The number of nitrogens with zero attached hydrogens (tertiary/aromatic N) is 1. The minimum Gasteiger partial charge on any atom is -0.493 e. The zero-order valence-corrected chi connectivity index (χ0v) is 11.8. The van der Waals surface area contributed by atoms with Crippen LogP contribution in [-0.4, -0.2) is 19.1 Å². The Labute approximate surface area is 118 Å². The molecule has 3 rings (SSSR count). The Morgan fingerprint density at radius 1 is 1.40 bits per heavy atom. The molecule has 0 amide bonds. The lowest BCUT2D eigenvalue weighted by Crippen LogP contribution is -2.03. The largest absolute Gasteiger partial charge is 0.493 e. The first-order chi connectivity index (χ1) is 9.72. The van der Waals surface area contributed by atoms with Gasteiger partial charge in [-0.1, -0.05) is 12.1 Å². The van der Waals surface area contributed by atoms with Gasteiger partial charge in [-0.15, -0.1) is 11.3 Å². The maximum Gasteiger partial charge on any atom is 0.345 e. The second-order valence-electron chi connectivity index (χ2n) is 4.11. The molecule has 0 aliphatic carbocycles. The minimum atomic E-state index is -0.421. The van der Waals surface area contributed by atoms with Gasteiger partial charge < -0.3 is 14.5 Å². The number of anilines is 1. The Bertz CT molecular complexity index is 823. The van der Waals surface area contributed by atoms with Crippen LogP contribution >= 0.6 is 11.3 Å². The lowest BCUT2D eigenvalue weighted by atomic mass is 10.1. The predicted molar refractivity (Wildman–Crippen MR) is 79.7 cm³/mol. The molecular formula is C14H12N2O3S. The van der Waals surface area contributed by atoms with Crippen molar-refractivity contribution in [3.8, 4) is 17.0 Å². The molecule has 0 aliphatic rings. The van der Waals surface area contributed by atoms with Crippen molar-refractivity contribution >= 4 is 27.4 Å². The van der Waals surface area contributed by atoms with Crippen molar-refractivity contribution < 1.29 is 9.15 Å². The number of hydrogen-bond acceptors (Lipinski definition) is 6. The zero-order valence-electron chi connectivity index (χ0n) is 11.0. The van der Waals surface area contributed by atoms with E-state index in [2.05, 4.69) is 10.3 Å². The molecule has 3 aromatic rings. The summed E-state index contributed by atoms with van der Waals surface area (Å²) in [7, 11) is 3.33. The number of hydrogen-bond donors (Lipinski definition) is 1. The molecule has 0 spiro atoms. The lowest BCUT2D eigenvalue weighted by Gasteiger charge is -2.04. The van der Waals surface area contributed by atoms with Crippen molar-refractivity contribution in [2.75, 3.05) is 19.5 Å². The number of aromatic nitrogens is 1. The summed E-state index contributed by atoms with van der Waals surface area (Å²) in [5, 5.41) is 6.33. The van der Waals surface area contributed by atoms with Crippen LogP contribution in [0.25, 0.3) is 22.2 Å². The molecule has 0 saturated carbocycles. The third kappa shape index (κ3) is 2.04. The molecule has 20 heavy (non-hydrogen) atoms. The van der Waals surface area contributed by atoms with Crippen molar-refractivity contribution in [1.29, 1.82) is 0 Å². The fourth-order valence-electron chi connectivity index (χ4n) is 1.97. The highest BCUT2D eigenvalue weighted by Gasteiger charge is 2.13. The van der Waals surface area contributed by atoms with Crippen LogP contribution in [0.2, 0.25) is 0 Å². The van der Waals surface area contributed by atoms with Crippen LogP contribution in [0.1, 0.15) is 0 Å². The second-order valence-corrected chi connectivity index (χ2v) is 4.97. The first-order valence-corrected chi connectivity index (χ1v) is 6.85. The van der Waals surface area contributed by atoms with Crippen LogP contribution in [-0.2, 0) is 0 Å². The fourth-order valence-corrected chi connectivity index (χ4v) is 2.64. The number of para-hydroxylation sites is 1. The maximum atomic E-state index is 12.1. The van der Waals surface area contributed by atoms with E-state index >= 15 is 0 Å². The number of nitrogens with one attached hydrogen (secondary N) is 1. The average Bonchev–Trinajstić information content (AvgIpc) is 2.94. The molecule has 0 atom stereocenters. The normalized spacial score (nSPS) is 10.7. The second kappa shape index (κ2) is 4.97. The summed E-state index contributed by atoms with van der Waals surface area (Å²) in [5.41, 5.74) is 1.09. The minimum absolute atomic E-state index is 0.421. The van der Waals surface area contributed by atoms with E-state index in [0.29, 0.717) is 22.6 Å². The average molecular weight is 288 g/mol. The van der Waals surface area contributed by atoms with Gasteiger partial charge in [0.2, 0.25) is 0 Å². The highest BCUT2D eigenvalue weighted by atomic mass is 32.1. The molecule has 2 heterocycles. The summed E-state index contributed by atoms with van der Waals surface area (Å²) in [6.07, 6.45) is 0. The van der Waals surface area contributed by atoms with Gasteiger partial charge in [0.15, 0.2) is 16.5 Å². The van der Waals surface area contributed by atoms with Gasteiger partial charge in [-0.3, -0.25) is 0 Å². The summed E-state index contributed by atoms with van der Waals surface area (Å²) in [6, 6.07) is 7.26. The fraction of sp³-hybridized carbons (Fsp3) is 0.143. The van der Waals surface area contributed by atoms with Gasteiger partial charge in [0.05, 0.1) is 18.4 Å².